The van der Waals surface area contributed by atoms with Gasteiger partial charge in [0.1, 0.15) is 22.6 Å². The number of benzene rings is 6. The third-order valence-corrected chi connectivity index (χ3v) is 10.1. The van der Waals surface area contributed by atoms with Gasteiger partial charge in [-0.25, -0.2) is 9.97 Å². The quantitative estimate of drug-likeness (QED) is 0.159. The number of para-hydroxylation sites is 4. The second kappa shape index (κ2) is 12.1. The normalized spacial score (nSPS) is 13.1. The van der Waals surface area contributed by atoms with Gasteiger partial charge in [0.15, 0.2) is 0 Å². The van der Waals surface area contributed by atoms with Crippen molar-refractivity contribution >= 4 is 83.1 Å². The van der Waals surface area contributed by atoms with Gasteiger partial charge in [0, 0.05) is 60.9 Å². The summed E-state index contributed by atoms with van der Waals surface area (Å²) in [5.41, 5.74) is 8.29. The number of hydrogen-bond acceptors (Lipinski definition) is 7. The maximum Gasteiger partial charge on any atom is 0.208 e. The molecule has 1 aliphatic rings. The van der Waals surface area contributed by atoms with Crippen molar-refractivity contribution in [2.24, 2.45) is 0 Å². The number of anilines is 2. The molecule has 0 unspecified atom stereocenters. The van der Waals surface area contributed by atoms with Gasteiger partial charge < -0.3 is 27.8 Å². The van der Waals surface area contributed by atoms with Gasteiger partial charge in [0.05, 0.1) is 22.4 Å². The fourth-order valence-corrected chi connectivity index (χ4v) is 7.63. The van der Waals surface area contributed by atoms with Crippen LogP contribution in [0.15, 0.2) is 155 Å². The molecule has 0 aliphatic carbocycles. The monoisotopic (exact) mass is 892 g/mol. The Balaban J connectivity index is 0.00000352. The molecule has 0 radical (unpaired) electrons. The summed E-state index contributed by atoms with van der Waals surface area (Å²) < 4.78 is 23.8. The third-order valence-electron chi connectivity index (χ3n) is 10.1. The van der Waals surface area contributed by atoms with E-state index in [1.807, 2.05) is 120 Å². The minimum atomic E-state index is 0. The van der Waals surface area contributed by atoms with E-state index >= 15 is 0 Å². The molecule has 12 rings (SSSR count). The van der Waals surface area contributed by atoms with E-state index in [0.717, 1.165) is 77.7 Å². The Hall–Kier alpha value is -6.83. The molecule has 6 heterocycles. The third kappa shape index (κ3) is 4.83. The first kappa shape index (κ1) is 31.7. The molecule has 10 heteroatoms. The molecular formula is C45H25N6O3Pt-3. The average Bonchev–Trinajstić information content (AvgIpc) is 4.04. The van der Waals surface area contributed by atoms with E-state index in [4.69, 9.17) is 23.5 Å². The van der Waals surface area contributed by atoms with Crippen molar-refractivity contribution in [1.29, 1.82) is 0 Å². The van der Waals surface area contributed by atoms with Crippen LogP contribution in [0.5, 0.6) is 11.5 Å². The summed E-state index contributed by atoms with van der Waals surface area (Å²) in [4.78, 5) is 13.8. The van der Waals surface area contributed by atoms with Gasteiger partial charge >= 0.3 is 0 Å². The van der Waals surface area contributed by atoms with E-state index in [2.05, 4.69) is 57.8 Å². The van der Waals surface area contributed by atoms with Gasteiger partial charge in [-0.1, -0.05) is 60.0 Å². The Morgan fingerprint density at radius 1 is 0.636 bits per heavy atom. The Labute approximate surface area is 327 Å². The van der Waals surface area contributed by atoms with Gasteiger partial charge in [-0.15, -0.1) is 42.7 Å². The van der Waals surface area contributed by atoms with Crippen LogP contribution < -0.4 is 14.5 Å². The molecule has 55 heavy (non-hydrogen) atoms. The fraction of sp³-hybridized carbons (Fsp3) is 0. The largest absolute Gasteiger partial charge is 0.512 e. The zero-order valence-electron chi connectivity index (χ0n) is 28.7. The van der Waals surface area contributed by atoms with E-state index < -0.39 is 0 Å². The zero-order chi connectivity index (χ0) is 35.3. The van der Waals surface area contributed by atoms with Gasteiger partial charge in [-0.2, -0.15) is 0 Å². The van der Waals surface area contributed by atoms with Crippen LogP contribution in [0, 0.1) is 18.8 Å². The Morgan fingerprint density at radius 3 is 2.35 bits per heavy atom. The van der Waals surface area contributed by atoms with Gasteiger partial charge in [-0.3, -0.25) is 4.57 Å². The summed E-state index contributed by atoms with van der Waals surface area (Å²) in [6.07, 6.45) is 5.81. The van der Waals surface area contributed by atoms with Crippen LogP contribution >= 0.6 is 0 Å². The molecular weight excluding hydrogens is 868 g/mol. The van der Waals surface area contributed by atoms with Crippen molar-refractivity contribution in [3.8, 4) is 17.3 Å². The number of rotatable bonds is 5. The first-order chi connectivity index (χ1) is 26.7. The van der Waals surface area contributed by atoms with Crippen LogP contribution in [0.2, 0.25) is 0 Å². The number of nitrogens with zero attached hydrogens (tertiary/aromatic N) is 6. The van der Waals surface area contributed by atoms with E-state index in [1.165, 1.54) is 0 Å². The predicted octanol–water partition coefficient (Wildman–Crippen LogP) is 10.9. The maximum atomic E-state index is 6.77. The second-order valence-electron chi connectivity index (χ2n) is 13.3. The molecule has 5 aromatic heterocycles. The summed E-state index contributed by atoms with van der Waals surface area (Å²) in [6.45, 7) is 2.03. The molecule has 0 bridgehead atoms. The van der Waals surface area contributed by atoms with Crippen LogP contribution in [0.1, 0.15) is 0 Å². The molecule has 1 aliphatic heterocycles. The Bertz CT molecular complexity index is 3310. The maximum absolute atomic E-state index is 6.77. The minimum Gasteiger partial charge on any atom is -0.512 e. The summed E-state index contributed by atoms with van der Waals surface area (Å²) in [7, 11) is 0. The SMILES string of the molecule is [Pt].[c-]1c(N2C=CN(c3ccccc3)[CH-]2)cc2c(oc3cc4oc5ccccc5c4cc32)c1Oc1[c-]c2c(cc1)n1c3ccccc3nc1n2-c1ccccn1. The molecule has 0 fully saturated rings. The second-order valence-corrected chi connectivity index (χ2v) is 13.3. The number of ether oxygens (including phenoxy) is 1. The van der Waals surface area contributed by atoms with E-state index in [9.17, 15) is 0 Å². The molecule has 6 aromatic carbocycles. The van der Waals surface area contributed by atoms with E-state index in [-0.39, 0.29) is 21.1 Å². The first-order valence-corrected chi connectivity index (χ1v) is 17.6. The Kier molecular flexibility index (Phi) is 6.97. The molecule has 0 spiro atoms. The van der Waals surface area contributed by atoms with Crippen LogP contribution in [-0.4, -0.2) is 18.9 Å². The molecule has 11 aromatic rings. The number of aromatic nitrogens is 4. The molecule has 0 saturated carbocycles. The molecule has 0 amide bonds. The number of furan rings is 2. The van der Waals surface area contributed by atoms with Gasteiger partial charge in [0.25, 0.3) is 0 Å². The number of imidazole rings is 2. The topological polar surface area (TPSA) is 77.1 Å². The standard InChI is InChI=1S/C45H25N6O3.Pt/c1-2-10-28(11-3-1)48-20-21-49(27-48)29-22-34-33-25-32-31-12-4-7-15-39(31)53-40(32)26-41(33)54-44(34)42(23-29)52-30-17-18-37-38(24-30)51(43-16-8-9-19-46-43)45-47-35-13-5-6-14-36(35)50(37)45;/h1-22,25-27H;/q-3;. The van der Waals surface area contributed by atoms with Crippen molar-refractivity contribution in [3.05, 3.63) is 165 Å². The van der Waals surface area contributed by atoms with Crippen LogP contribution in [0.3, 0.4) is 0 Å². The summed E-state index contributed by atoms with van der Waals surface area (Å²) in [6, 6.07) is 49.5. The summed E-state index contributed by atoms with van der Waals surface area (Å²) >= 11 is 0. The number of fused-ring (bicyclic) bond motifs is 11. The predicted molar refractivity (Wildman–Crippen MR) is 211 cm³/mol. The molecule has 0 saturated heterocycles. The molecule has 0 N–H and O–H groups in total. The number of pyridine rings is 1. The molecule has 266 valence electrons. The van der Waals surface area contributed by atoms with E-state index in [1.54, 1.807) is 6.20 Å². The van der Waals surface area contributed by atoms with Crippen molar-refractivity contribution < 1.29 is 34.6 Å². The number of hydrogen-bond donors (Lipinski definition) is 0. The van der Waals surface area contributed by atoms with Gasteiger partial charge in [-0.05, 0) is 72.0 Å². The summed E-state index contributed by atoms with van der Waals surface area (Å²) in [5, 5.41) is 3.91. The van der Waals surface area contributed by atoms with Crippen LogP contribution in [0.25, 0.3) is 77.5 Å². The van der Waals surface area contributed by atoms with E-state index in [0.29, 0.717) is 22.7 Å². The van der Waals surface area contributed by atoms with Gasteiger partial charge in [0.2, 0.25) is 5.78 Å². The van der Waals surface area contributed by atoms with Crippen LogP contribution in [-0.2, 0) is 21.1 Å². The van der Waals surface area contributed by atoms with Crippen LogP contribution in [0.4, 0.5) is 11.4 Å². The fourth-order valence-electron chi connectivity index (χ4n) is 7.63. The van der Waals surface area contributed by atoms with Crippen molar-refractivity contribution in [2.45, 2.75) is 0 Å². The molecule has 9 nitrogen and oxygen atoms in total. The van der Waals surface area contributed by atoms with Crippen molar-refractivity contribution in [3.63, 3.8) is 0 Å². The Morgan fingerprint density at radius 2 is 1.44 bits per heavy atom. The van der Waals surface area contributed by atoms with Crippen molar-refractivity contribution in [1.82, 2.24) is 18.9 Å². The first-order valence-electron chi connectivity index (χ1n) is 17.6. The smallest absolute Gasteiger partial charge is 0.208 e. The summed E-state index contributed by atoms with van der Waals surface area (Å²) in [5.74, 6) is 2.39. The average molecular weight is 893 g/mol. The van der Waals surface area contributed by atoms with Crippen molar-refractivity contribution in [2.75, 3.05) is 9.80 Å². The molecule has 0 atom stereocenters. The zero-order valence-corrected chi connectivity index (χ0v) is 30.9. The minimum absolute atomic E-state index is 0.